The molecule has 1 saturated carbocycles. The summed E-state index contributed by atoms with van der Waals surface area (Å²) in [6, 6.07) is 4.74. The van der Waals surface area contributed by atoms with Crippen LogP contribution in [0.1, 0.15) is 25.7 Å². The van der Waals surface area contributed by atoms with Gasteiger partial charge in [-0.05, 0) is 37.4 Å². The van der Waals surface area contributed by atoms with Gasteiger partial charge in [-0.25, -0.2) is 13.1 Å². The van der Waals surface area contributed by atoms with Crippen LogP contribution in [0.4, 0.5) is 0 Å². The molecule has 1 aliphatic rings. The molecule has 1 aromatic carbocycles. The number of hydrogen-bond acceptors (Lipinski definition) is 4. The summed E-state index contributed by atoms with van der Waals surface area (Å²) in [5, 5.41) is 0. The molecule has 0 aliphatic heterocycles. The Morgan fingerprint density at radius 3 is 2.64 bits per heavy atom. The Balaban J connectivity index is 0.00000242. The number of ether oxygens (including phenoxy) is 1. The topological polar surface area (TPSA) is 81.4 Å². The van der Waals surface area contributed by atoms with Crippen molar-refractivity contribution in [2.24, 2.45) is 11.7 Å². The van der Waals surface area contributed by atoms with Crippen LogP contribution in [0.3, 0.4) is 0 Å². The van der Waals surface area contributed by atoms with E-state index in [1.807, 2.05) is 0 Å². The number of nitrogens with one attached hydrogen (secondary N) is 1. The third-order valence-electron chi connectivity index (χ3n) is 3.91. The van der Waals surface area contributed by atoms with Crippen molar-refractivity contribution < 1.29 is 13.2 Å². The van der Waals surface area contributed by atoms with Crippen LogP contribution in [0.5, 0.6) is 5.75 Å². The Morgan fingerprint density at radius 1 is 1.32 bits per heavy atom. The zero-order valence-electron chi connectivity index (χ0n) is 12.4. The van der Waals surface area contributed by atoms with E-state index in [2.05, 4.69) is 20.7 Å². The molecule has 2 unspecified atom stereocenters. The molecule has 2 atom stereocenters. The van der Waals surface area contributed by atoms with Crippen molar-refractivity contribution in [2.45, 2.75) is 36.6 Å². The van der Waals surface area contributed by atoms with E-state index in [-0.39, 0.29) is 29.3 Å². The Morgan fingerprint density at radius 2 is 2.00 bits per heavy atom. The highest BCUT2D eigenvalue weighted by atomic mass is 79.9. The normalized spacial score (nSPS) is 22.0. The van der Waals surface area contributed by atoms with Gasteiger partial charge in [0.15, 0.2) is 0 Å². The zero-order chi connectivity index (χ0) is 15.5. The number of methoxy groups -OCH3 is 1. The van der Waals surface area contributed by atoms with Crippen LogP contribution in [0, 0.1) is 5.92 Å². The standard InChI is InChI=1S/C14H21BrN2O3S.ClH/c1-20-12-6-11(15)7-13(8-12)21(18,19)17-14-5-3-2-4-10(14)9-16;/h6-8,10,14,17H,2-5,9,16H2,1H3;1H. The van der Waals surface area contributed by atoms with Crippen LogP contribution in [0.2, 0.25) is 0 Å². The van der Waals surface area contributed by atoms with Crippen molar-refractivity contribution >= 4 is 38.4 Å². The van der Waals surface area contributed by atoms with Crippen LogP contribution in [0.25, 0.3) is 0 Å². The summed E-state index contributed by atoms with van der Waals surface area (Å²) < 4.78 is 33.7. The van der Waals surface area contributed by atoms with Crippen molar-refractivity contribution in [3.8, 4) is 5.75 Å². The van der Waals surface area contributed by atoms with Gasteiger partial charge < -0.3 is 10.5 Å². The molecule has 1 fully saturated rings. The van der Waals surface area contributed by atoms with E-state index in [9.17, 15) is 8.42 Å². The lowest BCUT2D eigenvalue weighted by Gasteiger charge is -2.31. The molecule has 22 heavy (non-hydrogen) atoms. The molecule has 0 amide bonds. The predicted molar refractivity (Wildman–Crippen MR) is 93.1 cm³/mol. The maximum atomic E-state index is 12.6. The summed E-state index contributed by atoms with van der Waals surface area (Å²) in [4.78, 5) is 0.204. The molecular weight excluding hydrogens is 392 g/mol. The lowest BCUT2D eigenvalue weighted by atomic mass is 9.85. The van der Waals surface area contributed by atoms with E-state index >= 15 is 0 Å². The number of benzene rings is 1. The van der Waals surface area contributed by atoms with Crippen LogP contribution in [0.15, 0.2) is 27.6 Å². The molecule has 8 heteroatoms. The fourth-order valence-electron chi connectivity index (χ4n) is 2.72. The van der Waals surface area contributed by atoms with Gasteiger partial charge in [-0.2, -0.15) is 0 Å². The minimum Gasteiger partial charge on any atom is -0.497 e. The molecule has 0 saturated heterocycles. The summed E-state index contributed by atoms with van der Waals surface area (Å²) in [6.45, 7) is 0.509. The van der Waals surface area contributed by atoms with Crippen LogP contribution >= 0.6 is 28.3 Å². The summed E-state index contributed by atoms with van der Waals surface area (Å²) >= 11 is 3.30. The Bertz CT molecular complexity index is 598. The van der Waals surface area contributed by atoms with Crippen molar-refractivity contribution in [1.82, 2.24) is 4.72 Å². The fraction of sp³-hybridized carbons (Fsp3) is 0.571. The second-order valence-electron chi connectivity index (χ2n) is 5.33. The SMILES string of the molecule is COc1cc(Br)cc(S(=O)(=O)NC2CCCCC2CN)c1.Cl. The molecule has 2 rings (SSSR count). The quantitative estimate of drug-likeness (QED) is 0.777. The van der Waals surface area contributed by atoms with E-state index in [4.69, 9.17) is 10.5 Å². The summed E-state index contributed by atoms with van der Waals surface area (Å²) in [6.07, 6.45) is 3.97. The molecule has 1 aromatic rings. The van der Waals surface area contributed by atoms with E-state index in [0.29, 0.717) is 16.8 Å². The molecule has 0 bridgehead atoms. The lowest BCUT2D eigenvalue weighted by Crippen LogP contribution is -2.44. The third-order valence-corrected chi connectivity index (χ3v) is 5.84. The van der Waals surface area contributed by atoms with E-state index < -0.39 is 10.0 Å². The first-order valence-electron chi connectivity index (χ1n) is 7.03. The van der Waals surface area contributed by atoms with E-state index in [0.717, 1.165) is 25.7 Å². The highest BCUT2D eigenvalue weighted by Gasteiger charge is 2.29. The van der Waals surface area contributed by atoms with Gasteiger partial charge >= 0.3 is 0 Å². The smallest absolute Gasteiger partial charge is 0.241 e. The van der Waals surface area contributed by atoms with Gasteiger partial charge in [0.1, 0.15) is 5.75 Å². The molecule has 126 valence electrons. The Labute approximate surface area is 146 Å². The van der Waals surface area contributed by atoms with Gasteiger partial charge in [0.25, 0.3) is 0 Å². The van der Waals surface area contributed by atoms with Crippen LogP contribution in [-0.4, -0.2) is 28.1 Å². The summed E-state index contributed by atoms with van der Waals surface area (Å²) in [7, 11) is -2.06. The highest BCUT2D eigenvalue weighted by Crippen LogP contribution is 2.27. The number of nitrogens with two attached hydrogens (primary N) is 1. The van der Waals surface area contributed by atoms with Gasteiger partial charge in [0, 0.05) is 16.6 Å². The molecular formula is C14H22BrClN2O3S. The molecule has 0 heterocycles. The first kappa shape index (κ1) is 19.7. The van der Waals surface area contributed by atoms with Gasteiger partial charge in [0.2, 0.25) is 10.0 Å². The van der Waals surface area contributed by atoms with Gasteiger partial charge in [-0.3, -0.25) is 0 Å². The zero-order valence-corrected chi connectivity index (χ0v) is 15.6. The van der Waals surface area contributed by atoms with E-state index in [1.165, 1.54) is 13.2 Å². The number of halogens is 2. The largest absolute Gasteiger partial charge is 0.497 e. The van der Waals surface area contributed by atoms with Gasteiger partial charge in [-0.15, -0.1) is 12.4 Å². The lowest BCUT2D eigenvalue weighted by molar-refractivity contribution is 0.296. The Kier molecular flexibility index (Phi) is 7.61. The average molecular weight is 414 g/mol. The third kappa shape index (κ3) is 4.83. The first-order valence-corrected chi connectivity index (χ1v) is 9.31. The average Bonchev–Trinajstić information content (AvgIpc) is 2.46. The molecule has 1 aliphatic carbocycles. The number of rotatable bonds is 5. The van der Waals surface area contributed by atoms with E-state index in [1.54, 1.807) is 12.1 Å². The van der Waals surface area contributed by atoms with Crippen LogP contribution in [-0.2, 0) is 10.0 Å². The molecule has 0 spiro atoms. The van der Waals surface area contributed by atoms with Crippen molar-refractivity contribution in [3.63, 3.8) is 0 Å². The predicted octanol–water partition coefficient (Wildman–Crippen LogP) is 2.68. The molecule has 0 aromatic heterocycles. The van der Waals surface area contributed by atoms with Crippen molar-refractivity contribution in [2.75, 3.05) is 13.7 Å². The Hall–Kier alpha value is -0.340. The second kappa shape index (κ2) is 8.49. The molecule has 3 N–H and O–H groups in total. The van der Waals surface area contributed by atoms with Crippen molar-refractivity contribution in [3.05, 3.63) is 22.7 Å². The molecule has 0 radical (unpaired) electrons. The first-order chi connectivity index (χ1) is 9.96. The summed E-state index contributed by atoms with van der Waals surface area (Å²) in [5.74, 6) is 0.714. The number of hydrogen-bond donors (Lipinski definition) is 2. The van der Waals surface area contributed by atoms with Gasteiger partial charge in [-0.1, -0.05) is 28.8 Å². The molecule has 5 nitrogen and oxygen atoms in total. The monoisotopic (exact) mass is 412 g/mol. The highest BCUT2D eigenvalue weighted by molar-refractivity contribution is 9.10. The minimum absolute atomic E-state index is 0. The summed E-state index contributed by atoms with van der Waals surface area (Å²) in [5.41, 5.74) is 5.76. The minimum atomic E-state index is -3.57. The maximum Gasteiger partial charge on any atom is 0.241 e. The number of sulfonamides is 1. The fourth-order valence-corrected chi connectivity index (χ4v) is 4.74. The van der Waals surface area contributed by atoms with Crippen LogP contribution < -0.4 is 15.2 Å². The van der Waals surface area contributed by atoms with Crippen molar-refractivity contribution in [1.29, 1.82) is 0 Å². The second-order valence-corrected chi connectivity index (χ2v) is 7.96. The van der Waals surface area contributed by atoms with Gasteiger partial charge in [0.05, 0.1) is 12.0 Å². The maximum absolute atomic E-state index is 12.6.